The molecule has 1 aliphatic rings. The molecule has 1 saturated heterocycles. The summed E-state index contributed by atoms with van der Waals surface area (Å²) in [5.74, 6) is -2.36. The predicted molar refractivity (Wildman–Crippen MR) is 92.3 cm³/mol. The van der Waals surface area contributed by atoms with Crippen LogP contribution in [0.1, 0.15) is 29.1 Å². The van der Waals surface area contributed by atoms with Crippen LogP contribution in [0, 0.1) is 11.6 Å². The van der Waals surface area contributed by atoms with E-state index in [2.05, 4.69) is 0 Å². The van der Waals surface area contributed by atoms with E-state index >= 15 is 0 Å². The molecule has 0 aliphatic carbocycles. The normalized spacial score (nSPS) is 17.7. The molecule has 0 bridgehead atoms. The van der Waals surface area contributed by atoms with Crippen molar-refractivity contribution in [2.75, 3.05) is 26.2 Å². The highest BCUT2D eigenvalue weighted by molar-refractivity contribution is 7.89. The van der Waals surface area contributed by atoms with Gasteiger partial charge < -0.3 is 10.2 Å². The summed E-state index contributed by atoms with van der Waals surface area (Å²) in [6, 6.07) is 5.50. The summed E-state index contributed by atoms with van der Waals surface area (Å²) >= 11 is 0. The van der Waals surface area contributed by atoms with Crippen molar-refractivity contribution in [3.63, 3.8) is 0 Å². The topological polar surface area (TPSA) is 96.9 Å². The number of carbonyl (C=O) groups excluding carboxylic acids is 1. The Labute approximate surface area is 155 Å². The van der Waals surface area contributed by atoms with Crippen LogP contribution in [0.15, 0.2) is 39.8 Å². The van der Waals surface area contributed by atoms with E-state index in [1.54, 1.807) is 6.92 Å². The third kappa shape index (κ3) is 3.87. The Hall–Kier alpha value is -2.30. The number of hydrogen-bond acceptors (Lipinski definition) is 5. The van der Waals surface area contributed by atoms with Gasteiger partial charge in [-0.2, -0.15) is 4.31 Å². The maximum atomic E-state index is 14.0. The van der Waals surface area contributed by atoms with Gasteiger partial charge in [-0.15, -0.1) is 0 Å². The number of primary amides is 1. The molecule has 0 saturated carbocycles. The summed E-state index contributed by atoms with van der Waals surface area (Å²) in [5.41, 5.74) is 5.43. The van der Waals surface area contributed by atoms with Crippen molar-refractivity contribution in [1.82, 2.24) is 9.21 Å². The molecule has 1 unspecified atom stereocenters. The molecular formula is C17H19F2N3O4S. The molecule has 1 aliphatic heterocycles. The second kappa shape index (κ2) is 7.37. The second-order valence-corrected chi connectivity index (χ2v) is 8.13. The number of furan rings is 1. The predicted octanol–water partition coefficient (Wildman–Crippen LogP) is 1.72. The van der Waals surface area contributed by atoms with Gasteiger partial charge in [-0.1, -0.05) is 6.07 Å². The molecule has 3 rings (SSSR count). The average Bonchev–Trinajstić information content (AvgIpc) is 3.13. The first-order valence-corrected chi connectivity index (χ1v) is 9.73. The van der Waals surface area contributed by atoms with E-state index in [0.29, 0.717) is 18.7 Å². The van der Waals surface area contributed by atoms with Gasteiger partial charge in [0, 0.05) is 43.9 Å². The molecule has 1 amide bonds. The Morgan fingerprint density at radius 3 is 2.37 bits per heavy atom. The number of rotatable bonds is 5. The third-order valence-corrected chi connectivity index (χ3v) is 6.42. The van der Waals surface area contributed by atoms with E-state index < -0.39 is 27.6 Å². The molecule has 2 N–H and O–H groups in total. The highest BCUT2D eigenvalue weighted by atomic mass is 32.2. The minimum atomic E-state index is -3.89. The molecule has 2 heterocycles. The van der Waals surface area contributed by atoms with Gasteiger partial charge in [-0.25, -0.2) is 17.2 Å². The summed E-state index contributed by atoms with van der Waals surface area (Å²) in [4.78, 5) is 13.0. The van der Waals surface area contributed by atoms with Crippen molar-refractivity contribution in [2.45, 2.75) is 18.1 Å². The minimum absolute atomic E-state index is 0.169. The van der Waals surface area contributed by atoms with E-state index in [1.165, 1.54) is 28.6 Å². The van der Waals surface area contributed by atoms with Gasteiger partial charge in [0.15, 0.2) is 5.76 Å². The molecular weight excluding hydrogens is 380 g/mol. The molecule has 2 aromatic rings. The Morgan fingerprint density at radius 2 is 1.81 bits per heavy atom. The summed E-state index contributed by atoms with van der Waals surface area (Å²) in [6.45, 7) is 2.84. The first kappa shape index (κ1) is 19.5. The highest BCUT2D eigenvalue weighted by Gasteiger charge is 2.33. The Kier molecular flexibility index (Phi) is 5.31. The fraction of sp³-hybridized carbons (Fsp3) is 0.353. The molecule has 1 atom stereocenters. The zero-order valence-corrected chi connectivity index (χ0v) is 15.4. The zero-order valence-electron chi connectivity index (χ0n) is 14.6. The number of nitrogens with two attached hydrogens (primary N) is 1. The molecule has 0 spiro atoms. The van der Waals surface area contributed by atoms with Crippen molar-refractivity contribution >= 4 is 15.9 Å². The average molecular weight is 399 g/mol. The SMILES string of the molecule is CC(c1ccc(F)cc1F)N1CCN(S(=O)(=O)c2ccc(C(N)=O)o2)CC1. The van der Waals surface area contributed by atoms with Gasteiger partial charge in [-0.3, -0.25) is 9.69 Å². The third-order valence-electron chi connectivity index (χ3n) is 4.65. The summed E-state index contributed by atoms with van der Waals surface area (Å²) in [5, 5.41) is -0.345. The lowest BCUT2D eigenvalue weighted by Crippen LogP contribution is -2.49. The quantitative estimate of drug-likeness (QED) is 0.826. The lowest BCUT2D eigenvalue weighted by Gasteiger charge is -2.37. The highest BCUT2D eigenvalue weighted by Crippen LogP contribution is 2.26. The standard InChI is InChI=1S/C17H19F2N3O4S/c1-11(13-3-2-12(18)10-14(13)19)21-6-8-22(9-7-21)27(24,25)16-5-4-15(26-16)17(20)23/h2-5,10-11H,6-9H2,1H3,(H2,20,23). The van der Waals surface area contributed by atoms with Crippen LogP contribution in [0.2, 0.25) is 0 Å². The van der Waals surface area contributed by atoms with Gasteiger partial charge in [0.25, 0.3) is 15.9 Å². The van der Waals surface area contributed by atoms with E-state index in [0.717, 1.165) is 6.07 Å². The van der Waals surface area contributed by atoms with Crippen molar-refractivity contribution in [2.24, 2.45) is 5.73 Å². The van der Waals surface area contributed by atoms with Crippen molar-refractivity contribution in [3.8, 4) is 0 Å². The summed E-state index contributed by atoms with van der Waals surface area (Å²) in [6.07, 6.45) is 0. The summed E-state index contributed by atoms with van der Waals surface area (Å²) < 4.78 is 58.6. The van der Waals surface area contributed by atoms with Crippen LogP contribution in [0.3, 0.4) is 0 Å². The number of piperazine rings is 1. The molecule has 1 aromatic heterocycles. The molecule has 10 heteroatoms. The smallest absolute Gasteiger partial charge is 0.284 e. The van der Waals surface area contributed by atoms with E-state index in [-0.39, 0.29) is 30.0 Å². The van der Waals surface area contributed by atoms with Gasteiger partial charge in [0.05, 0.1) is 0 Å². The van der Waals surface area contributed by atoms with Gasteiger partial charge in [0.1, 0.15) is 11.6 Å². The first-order chi connectivity index (χ1) is 12.7. The van der Waals surface area contributed by atoms with Gasteiger partial charge in [0.2, 0.25) is 5.09 Å². The van der Waals surface area contributed by atoms with Crippen LogP contribution >= 0.6 is 0 Å². The van der Waals surface area contributed by atoms with Crippen LogP contribution < -0.4 is 5.73 Å². The fourth-order valence-corrected chi connectivity index (χ4v) is 4.42. The van der Waals surface area contributed by atoms with Crippen LogP contribution in [-0.4, -0.2) is 49.7 Å². The lowest BCUT2D eigenvalue weighted by molar-refractivity contribution is 0.0968. The molecule has 146 valence electrons. The van der Waals surface area contributed by atoms with Crippen LogP contribution in [0.25, 0.3) is 0 Å². The first-order valence-electron chi connectivity index (χ1n) is 8.29. The molecule has 7 nitrogen and oxygen atoms in total. The Bertz CT molecular complexity index is 953. The second-order valence-electron chi connectivity index (χ2n) is 6.26. The number of nitrogens with zero attached hydrogens (tertiary/aromatic N) is 2. The van der Waals surface area contributed by atoms with Gasteiger partial charge >= 0.3 is 0 Å². The number of amides is 1. The zero-order chi connectivity index (χ0) is 19.8. The van der Waals surface area contributed by atoms with Crippen molar-refractivity contribution in [1.29, 1.82) is 0 Å². The van der Waals surface area contributed by atoms with Gasteiger partial charge in [-0.05, 0) is 25.1 Å². The molecule has 0 radical (unpaired) electrons. The van der Waals surface area contributed by atoms with E-state index in [4.69, 9.17) is 10.2 Å². The van der Waals surface area contributed by atoms with Crippen molar-refractivity contribution < 1.29 is 26.4 Å². The Balaban J connectivity index is 1.69. The molecule has 27 heavy (non-hydrogen) atoms. The van der Waals surface area contributed by atoms with Crippen molar-refractivity contribution in [3.05, 3.63) is 53.3 Å². The van der Waals surface area contributed by atoms with Crippen LogP contribution in [0.4, 0.5) is 8.78 Å². The van der Waals surface area contributed by atoms with E-state index in [9.17, 15) is 22.0 Å². The molecule has 1 fully saturated rings. The maximum Gasteiger partial charge on any atom is 0.284 e. The number of hydrogen-bond donors (Lipinski definition) is 1. The largest absolute Gasteiger partial charge is 0.438 e. The number of benzene rings is 1. The van der Waals surface area contributed by atoms with E-state index in [1.807, 2.05) is 4.90 Å². The monoisotopic (exact) mass is 399 g/mol. The lowest BCUT2D eigenvalue weighted by atomic mass is 10.1. The number of halogens is 2. The molecule has 1 aromatic carbocycles. The number of sulfonamides is 1. The van der Waals surface area contributed by atoms with Crippen LogP contribution in [0.5, 0.6) is 0 Å². The Morgan fingerprint density at radius 1 is 1.15 bits per heavy atom. The van der Waals surface area contributed by atoms with Crippen LogP contribution in [-0.2, 0) is 10.0 Å². The minimum Gasteiger partial charge on any atom is -0.438 e. The summed E-state index contributed by atoms with van der Waals surface area (Å²) in [7, 11) is -3.89. The number of carbonyl (C=O) groups is 1. The fourth-order valence-electron chi connectivity index (χ4n) is 3.09. The maximum absolute atomic E-state index is 14.0.